The third-order valence-corrected chi connectivity index (χ3v) is 11.0. The van der Waals surface area contributed by atoms with Gasteiger partial charge in [0.1, 0.15) is 0 Å². The van der Waals surface area contributed by atoms with Crippen LogP contribution >= 0.6 is 0 Å². The second kappa shape index (κ2) is 16.8. The van der Waals surface area contributed by atoms with Gasteiger partial charge in [-0.05, 0) is 153 Å². The lowest BCUT2D eigenvalue weighted by molar-refractivity contribution is 1.21. The molecule has 0 aliphatic carbocycles. The molecule has 0 aliphatic rings. The summed E-state index contributed by atoms with van der Waals surface area (Å²) in [4.78, 5) is 43.7. The van der Waals surface area contributed by atoms with E-state index in [-0.39, 0.29) is 0 Å². The molecule has 0 N–H and O–H groups in total. The fourth-order valence-corrected chi connectivity index (χ4v) is 7.90. The Bertz CT molecular complexity index is 3130. The van der Waals surface area contributed by atoms with E-state index in [2.05, 4.69) is 111 Å². The molecule has 64 heavy (non-hydrogen) atoms. The molecule has 0 saturated heterocycles. The van der Waals surface area contributed by atoms with Crippen molar-refractivity contribution >= 4 is 10.8 Å². The lowest BCUT2D eigenvalue weighted by Crippen LogP contribution is -1.97. The van der Waals surface area contributed by atoms with Gasteiger partial charge < -0.3 is 0 Å². The number of hydrogen-bond acceptors (Lipinski definition) is 9. The highest BCUT2D eigenvalue weighted by Crippen LogP contribution is 2.37. The molecule has 9 nitrogen and oxygen atoms in total. The van der Waals surface area contributed by atoms with Gasteiger partial charge in [-0.3, -0.25) is 29.9 Å². The number of aromatic nitrogens is 9. The summed E-state index contributed by atoms with van der Waals surface area (Å²) in [6.45, 7) is 0. The van der Waals surface area contributed by atoms with Crippen molar-refractivity contribution in [3.63, 3.8) is 0 Å². The van der Waals surface area contributed by atoms with Gasteiger partial charge in [0.15, 0.2) is 0 Å². The molecule has 0 spiro atoms. The van der Waals surface area contributed by atoms with Gasteiger partial charge in [-0.25, -0.2) is 15.0 Å². The van der Waals surface area contributed by atoms with Crippen LogP contribution in [0.15, 0.2) is 213 Å². The highest BCUT2D eigenvalue weighted by molar-refractivity contribution is 5.97. The molecule has 0 aliphatic heterocycles. The maximum absolute atomic E-state index is 5.32. The molecule has 0 fully saturated rings. The molecule has 0 bridgehead atoms. The van der Waals surface area contributed by atoms with Crippen LogP contribution in [-0.2, 0) is 0 Å². The van der Waals surface area contributed by atoms with Gasteiger partial charge in [-0.1, -0.05) is 66.7 Å². The summed E-state index contributed by atoms with van der Waals surface area (Å²) >= 11 is 0. The van der Waals surface area contributed by atoms with Gasteiger partial charge in [0.2, 0.25) is 0 Å². The Kier molecular flexibility index (Phi) is 10.00. The van der Waals surface area contributed by atoms with Crippen molar-refractivity contribution in [3.8, 4) is 102 Å². The smallest absolute Gasteiger partial charge is 0.0900 e. The maximum Gasteiger partial charge on any atom is 0.0900 e. The molecule has 9 heteroatoms. The topological polar surface area (TPSA) is 116 Å². The van der Waals surface area contributed by atoms with Crippen LogP contribution in [0.3, 0.4) is 0 Å². The minimum absolute atomic E-state index is 0.706. The van der Waals surface area contributed by atoms with Gasteiger partial charge in [-0.2, -0.15) is 0 Å². The molecule has 11 aromatic rings. The number of pyridine rings is 9. The third-order valence-electron chi connectivity index (χ3n) is 11.0. The third kappa shape index (κ3) is 7.76. The molecule has 9 aromatic heterocycles. The summed E-state index contributed by atoms with van der Waals surface area (Å²) in [7, 11) is 0. The van der Waals surface area contributed by atoms with E-state index in [4.69, 9.17) is 24.9 Å². The van der Waals surface area contributed by atoms with Crippen molar-refractivity contribution in [2.75, 3.05) is 0 Å². The Hall–Kier alpha value is -8.95. The average Bonchev–Trinajstić information content (AvgIpc) is 3.39. The SMILES string of the molecule is c1ccc(-c2cc(-c3ccnc(-c4cc(-c5cccc6ccccc56)cc(-c5cc(-c6cc(-c7ccccn7)nc(-c7ccccn7)c6)ccn5)n4)c3)cc(-c3ccccn3)n2)nc1. The summed E-state index contributed by atoms with van der Waals surface area (Å²) < 4.78 is 0. The Morgan fingerprint density at radius 3 is 0.984 bits per heavy atom. The van der Waals surface area contributed by atoms with Crippen LogP contribution in [0.4, 0.5) is 0 Å². The van der Waals surface area contributed by atoms with Crippen LogP contribution in [-0.4, -0.2) is 44.9 Å². The largest absolute Gasteiger partial charge is 0.255 e. The van der Waals surface area contributed by atoms with Crippen molar-refractivity contribution in [2.45, 2.75) is 0 Å². The van der Waals surface area contributed by atoms with Gasteiger partial charge in [-0.15, -0.1) is 0 Å². The second-order valence-corrected chi connectivity index (χ2v) is 15.1. The monoisotopic (exact) mass is 821 g/mol. The fraction of sp³-hybridized carbons (Fsp3) is 0. The fourth-order valence-electron chi connectivity index (χ4n) is 7.90. The van der Waals surface area contributed by atoms with E-state index >= 15 is 0 Å². The second-order valence-electron chi connectivity index (χ2n) is 15.1. The quantitative estimate of drug-likeness (QED) is 0.140. The van der Waals surface area contributed by atoms with E-state index in [0.29, 0.717) is 22.8 Å². The van der Waals surface area contributed by atoms with Gasteiger partial charge in [0.25, 0.3) is 0 Å². The first-order chi connectivity index (χ1) is 31.7. The van der Waals surface area contributed by atoms with Crippen molar-refractivity contribution in [1.82, 2.24) is 44.9 Å². The maximum atomic E-state index is 5.32. The Balaban J connectivity index is 1.06. The molecule has 9 heterocycles. The number of nitrogens with zero attached hydrogens (tertiary/aromatic N) is 9. The van der Waals surface area contributed by atoms with E-state index < -0.39 is 0 Å². The number of hydrogen-bond donors (Lipinski definition) is 0. The highest BCUT2D eigenvalue weighted by Gasteiger charge is 2.17. The minimum atomic E-state index is 0.706. The molecule has 0 amide bonds. The zero-order chi connectivity index (χ0) is 42.7. The summed E-state index contributed by atoms with van der Waals surface area (Å²) in [5.74, 6) is 0. The predicted octanol–water partition coefficient (Wildman–Crippen LogP) is 12.4. The van der Waals surface area contributed by atoms with E-state index in [1.165, 1.54) is 0 Å². The van der Waals surface area contributed by atoms with Crippen molar-refractivity contribution in [1.29, 1.82) is 0 Å². The van der Waals surface area contributed by atoms with E-state index in [1.807, 2.05) is 97.3 Å². The molecule has 0 radical (unpaired) electrons. The molecular formula is C55H35N9. The first-order valence-electron chi connectivity index (χ1n) is 20.8. The molecule has 300 valence electrons. The molecule has 0 unspecified atom stereocenters. The first kappa shape index (κ1) is 38.0. The Morgan fingerprint density at radius 2 is 0.562 bits per heavy atom. The van der Waals surface area contributed by atoms with Gasteiger partial charge in [0, 0.05) is 37.2 Å². The average molecular weight is 822 g/mol. The van der Waals surface area contributed by atoms with E-state index in [1.54, 1.807) is 24.8 Å². The standard InChI is InChI=1S/C55H35N9/c1-2-14-42-36(12-1)13-11-15-43(42)41-34-54(48-28-37(20-26-60-48)39-30-50(44-16-3-7-22-56-44)62-51(31-39)45-17-4-8-23-57-45)64-55(35-41)49-29-38(21-27-61-49)40-32-52(46-18-5-9-24-58-46)63-53(33-40)47-19-6-10-25-59-47/h1-35H. The molecule has 0 saturated carbocycles. The summed E-state index contributed by atoms with van der Waals surface area (Å²) in [6.07, 6.45) is 10.8. The summed E-state index contributed by atoms with van der Waals surface area (Å²) in [5.41, 5.74) is 14.8. The zero-order valence-electron chi connectivity index (χ0n) is 34.2. The predicted molar refractivity (Wildman–Crippen MR) is 253 cm³/mol. The lowest BCUT2D eigenvalue weighted by atomic mass is 9.96. The molecule has 2 aromatic carbocycles. The van der Waals surface area contributed by atoms with Crippen LogP contribution in [0.2, 0.25) is 0 Å². The van der Waals surface area contributed by atoms with Crippen molar-refractivity contribution in [2.24, 2.45) is 0 Å². The van der Waals surface area contributed by atoms with E-state index in [9.17, 15) is 0 Å². The number of rotatable bonds is 9. The molecule has 11 rings (SSSR count). The summed E-state index contributed by atoms with van der Waals surface area (Å²) in [5, 5.41) is 2.29. The van der Waals surface area contributed by atoms with Gasteiger partial charge >= 0.3 is 0 Å². The Morgan fingerprint density at radius 1 is 0.219 bits per heavy atom. The van der Waals surface area contributed by atoms with Crippen LogP contribution in [0.1, 0.15) is 0 Å². The molecular weight excluding hydrogens is 787 g/mol. The first-order valence-corrected chi connectivity index (χ1v) is 20.8. The minimum Gasteiger partial charge on any atom is -0.255 e. The molecule has 0 atom stereocenters. The highest BCUT2D eigenvalue weighted by atomic mass is 14.8. The Labute approximate surface area is 369 Å². The number of fused-ring (bicyclic) bond motifs is 1. The van der Waals surface area contributed by atoms with E-state index in [0.717, 1.165) is 89.7 Å². The van der Waals surface area contributed by atoms with Crippen LogP contribution < -0.4 is 0 Å². The normalized spacial score (nSPS) is 11.1. The van der Waals surface area contributed by atoms with Crippen LogP contribution in [0.25, 0.3) is 112 Å². The van der Waals surface area contributed by atoms with Gasteiger partial charge in [0.05, 0.1) is 68.3 Å². The lowest BCUT2D eigenvalue weighted by Gasteiger charge is -2.14. The van der Waals surface area contributed by atoms with Crippen LogP contribution in [0, 0.1) is 0 Å². The van der Waals surface area contributed by atoms with Crippen molar-refractivity contribution < 1.29 is 0 Å². The zero-order valence-corrected chi connectivity index (χ0v) is 34.2. The summed E-state index contributed by atoms with van der Waals surface area (Å²) in [6, 6.07) is 58.8. The number of benzene rings is 2. The van der Waals surface area contributed by atoms with Crippen LogP contribution in [0.5, 0.6) is 0 Å². The van der Waals surface area contributed by atoms with Crippen molar-refractivity contribution in [3.05, 3.63) is 213 Å².